The summed E-state index contributed by atoms with van der Waals surface area (Å²) in [4.78, 5) is 21.8. The number of morpholine rings is 1. The number of pyridine rings is 2. The van der Waals surface area contributed by atoms with Crippen LogP contribution in [0.15, 0.2) is 30.6 Å². The van der Waals surface area contributed by atoms with Crippen molar-refractivity contribution in [3.05, 3.63) is 41.7 Å². The Hall–Kier alpha value is -2.47. The standard InChI is InChI=1S/C16H17N3O3/c1-11-8-13(14-3-2-12(9-17-14)16(20)21)10-18-15(11)19-4-6-22-7-5-19/h2-3,8-10H,4-7H2,1H3,(H,20,21). The lowest BCUT2D eigenvalue weighted by atomic mass is 10.1. The van der Waals surface area contributed by atoms with Gasteiger partial charge in [-0.05, 0) is 30.7 Å². The van der Waals surface area contributed by atoms with Crippen LogP contribution in [0.2, 0.25) is 0 Å². The van der Waals surface area contributed by atoms with E-state index in [1.165, 1.54) is 6.20 Å². The summed E-state index contributed by atoms with van der Waals surface area (Å²) in [6, 6.07) is 5.28. The molecule has 1 aliphatic rings. The number of nitrogens with zero attached hydrogens (tertiary/aromatic N) is 3. The highest BCUT2D eigenvalue weighted by Crippen LogP contribution is 2.24. The summed E-state index contributed by atoms with van der Waals surface area (Å²) in [5.41, 5.74) is 2.85. The minimum atomic E-state index is -0.976. The lowest BCUT2D eigenvalue weighted by Crippen LogP contribution is -2.37. The van der Waals surface area contributed by atoms with Crippen LogP contribution in [0.4, 0.5) is 5.82 Å². The Bertz CT molecular complexity index is 680. The molecule has 22 heavy (non-hydrogen) atoms. The van der Waals surface area contributed by atoms with E-state index in [0.717, 1.165) is 43.2 Å². The van der Waals surface area contributed by atoms with Gasteiger partial charge >= 0.3 is 5.97 Å². The number of aryl methyl sites for hydroxylation is 1. The van der Waals surface area contributed by atoms with Crippen LogP contribution in [0.1, 0.15) is 15.9 Å². The molecular formula is C16H17N3O3. The fraction of sp³-hybridized carbons (Fsp3) is 0.312. The molecule has 6 nitrogen and oxygen atoms in total. The normalized spacial score (nSPS) is 14.9. The van der Waals surface area contributed by atoms with Crippen molar-refractivity contribution in [2.24, 2.45) is 0 Å². The molecular weight excluding hydrogens is 282 g/mol. The van der Waals surface area contributed by atoms with Crippen molar-refractivity contribution in [1.82, 2.24) is 9.97 Å². The van der Waals surface area contributed by atoms with Gasteiger partial charge in [-0.2, -0.15) is 0 Å². The smallest absolute Gasteiger partial charge is 0.337 e. The summed E-state index contributed by atoms with van der Waals surface area (Å²) in [7, 11) is 0. The Morgan fingerprint density at radius 3 is 2.59 bits per heavy atom. The zero-order chi connectivity index (χ0) is 15.5. The number of aromatic nitrogens is 2. The van der Waals surface area contributed by atoms with Crippen LogP contribution < -0.4 is 4.90 Å². The third-order valence-electron chi connectivity index (χ3n) is 3.67. The van der Waals surface area contributed by atoms with Gasteiger partial charge in [0.1, 0.15) is 5.82 Å². The molecule has 0 amide bonds. The minimum absolute atomic E-state index is 0.179. The quantitative estimate of drug-likeness (QED) is 0.934. The second-order valence-corrected chi connectivity index (χ2v) is 5.20. The van der Waals surface area contributed by atoms with E-state index in [-0.39, 0.29) is 5.56 Å². The van der Waals surface area contributed by atoms with Crippen molar-refractivity contribution in [3.63, 3.8) is 0 Å². The maximum Gasteiger partial charge on any atom is 0.337 e. The molecule has 1 fully saturated rings. The van der Waals surface area contributed by atoms with Gasteiger partial charge in [-0.25, -0.2) is 9.78 Å². The van der Waals surface area contributed by atoms with Crippen LogP contribution >= 0.6 is 0 Å². The van der Waals surface area contributed by atoms with E-state index in [0.29, 0.717) is 5.69 Å². The molecule has 2 aromatic rings. The van der Waals surface area contributed by atoms with Crippen molar-refractivity contribution in [3.8, 4) is 11.3 Å². The maximum absolute atomic E-state index is 10.9. The molecule has 0 unspecified atom stereocenters. The summed E-state index contributed by atoms with van der Waals surface area (Å²) in [5.74, 6) is -0.00905. The highest BCUT2D eigenvalue weighted by atomic mass is 16.5. The fourth-order valence-corrected chi connectivity index (χ4v) is 2.50. The van der Waals surface area contributed by atoms with E-state index >= 15 is 0 Å². The Kier molecular flexibility index (Phi) is 4.02. The highest BCUT2D eigenvalue weighted by Gasteiger charge is 2.15. The van der Waals surface area contributed by atoms with Gasteiger partial charge in [0, 0.05) is 31.0 Å². The number of hydrogen-bond acceptors (Lipinski definition) is 5. The summed E-state index contributed by atoms with van der Waals surface area (Å²) in [6.07, 6.45) is 3.14. The molecule has 1 aliphatic heterocycles. The number of aromatic carboxylic acids is 1. The van der Waals surface area contributed by atoms with Crippen molar-refractivity contribution >= 4 is 11.8 Å². The average Bonchev–Trinajstić information content (AvgIpc) is 2.55. The van der Waals surface area contributed by atoms with Crippen LogP contribution in [0.3, 0.4) is 0 Å². The lowest BCUT2D eigenvalue weighted by molar-refractivity contribution is 0.0696. The van der Waals surface area contributed by atoms with Crippen molar-refractivity contribution in [2.45, 2.75) is 6.92 Å². The molecule has 3 rings (SSSR count). The Morgan fingerprint density at radius 2 is 2.00 bits per heavy atom. The van der Waals surface area contributed by atoms with E-state index in [4.69, 9.17) is 9.84 Å². The van der Waals surface area contributed by atoms with E-state index in [1.807, 2.05) is 13.0 Å². The summed E-state index contributed by atoms with van der Waals surface area (Å²) in [5, 5.41) is 8.90. The topological polar surface area (TPSA) is 75.5 Å². The van der Waals surface area contributed by atoms with Crippen LogP contribution in [-0.4, -0.2) is 47.3 Å². The zero-order valence-corrected chi connectivity index (χ0v) is 12.3. The number of ether oxygens (including phenoxy) is 1. The second kappa shape index (κ2) is 6.11. The highest BCUT2D eigenvalue weighted by molar-refractivity contribution is 5.87. The molecule has 0 saturated carbocycles. The van der Waals surface area contributed by atoms with Crippen LogP contribution in [0.5, 0.6) is 0 Å². The number of carboxylic acids is 1. The first-order chi connectivity index (χ1) is 10.6. The molecule has 0 radical (unpaired) electrons. The van der Waals surface area contributed by atoms with Gasteiger partial charge in [0.2, 0.25) is 0 Å². The first-order valence-electron chi connectivity index (χ1n) is 7.14. The molecule has 0 bridgehead atoms. The van der Waals surface area contributed by atoms with Crippen molar-refractivity contribution < 1.29 is 14.6 Å². The number of anilines is 1. The van der Waals surface area contributed by atoms with Crippen molar-refractivity contribution in [1.29, 1.82) is 0 Å². The first kappa shape index (κ1) is 14.5. The van der Waals surface area contributed by atoms with E-state index in [2.05, 4.69) is 14.9 Å². The fourth-order valence-electron chi connectivity index (χ4n) is 2.50. The van der Waals surface area contributed by atoms with Gasteiger partial charge in [-0.3, -0.25) is 4.98 Å². The molecule has 1 saturated heterocycles. The van der Waals surface area contributed by atoms with Gasteiger partial charge in [-0.15, -0.1) is 0 Å². The minimum Gasteiger partial charge on any atom is -0.478 e. The second-order valence-electron chi connectivity index (χ2n) is 5.20. The molecule has 0 aliphatic carbocycles. The number of carbonyl (C=O) groups is 1. The van der Waals surface area contributed by atoms with Gasteiger partial charge < -0.3 is 14.7 Å². The third-order valence-corrected chi connectivity index (χ3v) is 3.67. The molecule has 1 N–H and O–H groups in total. The number of carboxylic acid groups (broad SMARTS) is 1. The van der Waals surface area contributed by atoms with E-state index in [9.17, 15) is 4.79 Å². The molecule has 0 spiro atoms. The number of hydrogen-bond donors (Lipinski definition) is 1. The summed E-state index contributed by atoms with van der Waals surface area (Å²) >= 11 is 0. The van der Waals surface area contributed by atoms with Crippen LogP contribution in [-0.2, 0) is 4.74 Å². The largest absolute Gasteiger partial charge is 0.478 e. The predicted octanol–water partition coefficient (Wildman–Crippen LogP) is 1.99. The molecule has 2 aromatic heterocycles. The SMILES string of the molecule is Cc1cc(-c2ccc(C(=O)O)cn2)cnc1N1CCOCC1. The molecule has 3 heterocycles. The zero-order valence-electron chi connectivity index (χ0n) is 12.3. The van der Waals surface area contributed by atoms with Gasteiger partial charge in [-0.1, -0.05) is 0 Å². The Labute approximate surface area is 128 Å². The predicted molar refractivity (Wildman–Crippen MR) is 82.2 cm³/mol. The van der Waals surface area contributed by atoms with Crippen LogP contribution in [0.25, 0.3) is 11.3 Å². The summed E-state index contributed by atoms with van der Waals surface area (Å²) in [6.45, 7) is 5.16. The number of rotatable bonds is 3. The Morgan fingerprint density at radius 1 is 1.23 bits per heavy atom. The third kappa shape index (κ3) is 2.92. The summed E-state index contributed by atoms with van der Waals surface area (Å²) < 4.78 is 5.36. The van der Waals surface area contributed by atoms with E-state index < -0.39 is 5.97 Å². The first-order valence-corrected chi connectivity index (χ1v) is 7.14. The van der Waals surface area contributed by atoms with Gasteiger partial charge in [0.15, 0.2) is 0 Å². The van der Waals surface area contributed by atoms with Gasteiger partial charge in [0.25, 0.3) is 0 Å². The molecule has 114 valence electrons. The van der Waals surface area contributed by atoms with E-state index in [1.54, 1.807) is 18.3 Å². The Balaban J connectivity index is 1.86. The molecule has 0 atom stereocenters. The molecule has 0 aromatic carbocycles. The average molecular weight is 299 g/mol. The lowest BCUT2D eigenvalue weighted by Gasteiger charge is -2.29. The van der Waals surface area contributed by atoms with Crippen molar-refractivity contribution in [2.75, 3.05) is 31.2 Å². The van der Waals surface area contributed by atoms with Crippen LogP contribution in [0, 0.1) is 6.92 Å². The monoisotopic (exact) mass is 299 g/mol. The molecule has 6 heteroatoms. The maximum atomic E-state index is 10.9. The van der Waals surface area contributed by atoms with Gasteiger partial charge in [0.05, 0.1) is 24.5 Å².